The third kappa shape index (κ3) is 6.81. The second kappa shape index (κ2) is 9.62. The van der Waals surface area contributed by atoms with Gasteiger partial charge in [0.2, 0.25) is 5.91 Å². The lowest BCUT2D eigenvalue weighted by Crippen LogP contribution is -2.46. The van der Waals surface area contributed by atoms with Crippen molar-refractivity contribution in [2.75, 3.05) is 18.6 Å². The average molecular weight is 247 g/mol. The molecule has 0 aliphatic rings. The zero-order chi connectivity index (χ0) is 12.4. The van der Waals surface area contributed by atoms with Crippen LogP contribution in [0.1, 0.15) is 19.3 Å². The standard InChI is InChI=1S/C10H21N3O2S/c1-16-6-4-9(12)10(15)13-8(7-14)3-2-5-11/h7-9H,2-6,11-12H2,1H3,(H,13,15)/t8-,9-/m0/s1. The molecule has 0 rings (SSSR count). The molecule has 0 radical (unpaired) electrons. The molecule has 0 aromatic rings. The van der Waals surface area contributed by atoms with Gasteiger partial charge in [0.05, 0.1) is 12.1 Å². The van der Waals surface area contributed by atoms with Crippen molar-refractivity contribution in [1.82, 2.24) is 5.32 Å². The van der Waals surface area contributed by atoms with Gasteiger partial charge in [-0.15, -0.1) is 0 Å². The summed E-state index contributed by atoms with van der Waals surface area (Å²) in [6, 6.07) is -0.996. The molecular weight excluding hydrogens is 226 g/mol. The van der Waals surface area contributed by atoms with Crippen molar-refractivity contribution in [3.63, 3.8) is 0 Å². The van der Waals surface area contributed by atoms with Crippen LogP contribution in [-0.4, -0.2) is 42.8 Å². The first-order chi connectivity index (χ1) is 7.65. The number of aldehydes is 1. The summed E-state index contributed by atoms with van der Waals surface area (Å²) in [5, 5.41) is 2.61. The minimum Gasteiger partial charge on any atom is -0.345 e. The Hall–Kier alpha value is -0.590. The van der Waals surface area contributed by atoms with Crippen molar-refractivity contribution < 1.29 is 9.59 Å². The van der Waals surface area contributed by atoms with Crippen molar-refractivity contribution in [2.45, 2.75) is 31.3 Å². The Morgan fingerprint density at radius 3 is 2.69 bits per heavy atom. The van der Waals surface area contributed by atoms with E-state index in [2.05, 4.69) is 5.32 Å². The molecule has 5 N–H and O–H groups in total. The largest absolute Gasteiger partial charge is 0.345 e. The maximum absolute atomic E-state index is 11.5. The Kier molecular flexibility index (Phi) is 9.27. The topological polar surface area (TPSA) is 98.2 Å². The number of hydrogen-bond donors (Lipinski definition) is 3. The van der Waals surface area contributed by atoms with E-state index >= 15 is 0 Å². The molecule has 0 saturated heterocycles. The van der Waals surface area contributed by atoms with E-state index in [9.17, 15) is 9.59 Å². The van der Waals surface area contributed by atoms with Crippen molar-refractivity contribution in [3.8, 4) is 0 Å². The summed E-state index contributed by atoms with van der Waals surface area (Å²) in [5.41, 5.74) is 11.0. The summed E-state index contributed by atoms with van der Waals surface area (Å²) in [5.74, 6) is 0.575. The number of carbonyl (C=O) groups excluding carboxylic acids is 2. The normalized spacial score (nSPS) is 14.2. The Balaban J connectivity index is 3.93. The number of rotatable bonds is 9. The zero-order valence-electron chi connectivity index (χ0n) is 9.65. The summed E-state index contributed by atoms with van der Waals surface area (Å²) >= 11 is 1.64. The van der Waals surface area contributed by atoms with Gasteiger partial charge in [-0.05, 0) is 37.8 Å². The van der Waals surface area contributed by atoms with Gasteiger partial charge in [0.25, 0.3) is 0 Å². The van der Waals surface area contributed by atoms with E-state index in [1.807, 2.05) is 6.26 Å². The molecule has 0 unspecified atom stereocenters. The molecule has 0 saturated carbocycles. The van der Waals surface area contributed by atoms with Crippen LogP contribution in [0.2, 0.25) is 0 Å². The monoisotopic (exact) mass is 247 g/mol. The Morgan fingerprint density at radius 2 is 2.19 bits per heavy atom. The number of hydrogen-bond acceptors (Lipinski definition) is 5. The van der Waals surface area contributed by atoms with Gasteiger partial charge >= 0.3 is 0 Å². The van der Waals surface area contributed by atoms with Crippen molar-refractivity contribution >= 4 is 24.0 Å². The molecule has 2 atom stereocenters. The summed E-state index contributed by atoms with van der Waals surface area (Å²) in [4.78, 5) is 22.2. The molecule has 6 heteroatoms. The van der Waals surface area contributed by atoms with Crippen LogP contribution in [0.4, 0.5) is 0 Å². The third-order valence-corrected chi connectivity index (χ3v) is 2.82. The fourth-order valence-corrected chi connectivity index (χ4v) is 1.67. The van der Waals surface area contributed by atoms with Gasteiger partial charge in [0, 0.05) is 0 Å². The summed E-state index contributed by atoms with van der Waals surface area (Å²) < 4.78 is 0. The van der Waals surface area contributed by atoms with E-state index in [0.29, 0.717) is 25.8 Å². The van der Waals surface area contributed by atoms with E-state index < -0.39 is 12.1 Å². The van der Waals surface area contributed by atoms with Crippen molar-refractivity contribution in [2.24, 2.45) is 11.5 Å². The highest BCUT2D eigenvalue weighted by molar-refractivity contribution is 7.98. The first-order valence-electron chi connectivity index (χ1n) is 5.36. The molecule has 0 bridgehead atoms. The summed E-state index contributed by atoms with van der Waals surface area (Å²) in [6.07, 6.45) is 4.59. The fourth-order valence-electron chi connectivity index (χ4n) is 1.18. The maximum atomic E-state index is 11.5. The van der Waals surface area contributed by atoms with Crippen LogP contribution in [0.25, 0.3) is 0 Å². The van der Waals surface area contributed by atoms with E-state index in [0.717, 1.165) is 12.0 Å². The SMILES string of the molecule is CSCC[C@H](N)C(=O)N[C@H](C=O)CCCN. The highest BCUT2D eigenvalue weighted by Crippen LogP contribution is 2.00. The lowest BCUT2D eigenvalue weighted by atomic mass is 10.1. The van der Waals surface area contributed by atoms with Gasteiger partial charge in [-0.3, -0.25) is 4.79 Å². The molecule has 0 aromatic heterocycles. The Morgan fingerprint density at radius 1 is 1.50 bits per heavy atom. The highest BCUT2D eigenvalue weighted by atomic mass is 32.2. The van der Waals surface area contributed by atoms with Crippen LogP contribution < -0.4 is 16.8 Å². The molecule has 94 valence electrons. The number of thioether (sulfide) groups is 1. The van der Waals surface area contributed by atoms with Gasteiger partial charge < -0.3 is 21.6 Å². The Bertz CT molecular complexity index is 214. The first-order valence-corrected chi connectivity index (χ1v) is 6.75. The summed E-state index contributed by atoms with van der Waals surface area (Å²) in [7, 11) is 0. The lowest BCUT2D eigenvalue weighted by molar-refractivity contribution is -0.125. The van der Waals surface area contributed by atoms with Crippen LogP contribution in [0.15, 0.2) is 0 Å². The molecule has 1 amide bonds. The molecule has 5 nitrogen and oxygen atoms in total. The average Bonchev–Trinajstić information content (AvgIpc) is 2.30. The minimum atomic E-state index is -0.534. The number of amides is 1. The van der Waals surface area contributed by atoms with Crippen LogP contribution in [-0.2, 0) is 9.59 Å². The molecule has 0 aromatic carbocycles. The minimum absolute atomic E-state index is 0.261. The van der Waals surface area contributed by atoms with E-state index in [4.69, 9.17) is 11.5 Å². The second-order valence-corrected chi connectivity index (χ2v) is 4.56. The molecule has 0 spiro atoms. The predicted molar refractivity (Wildman–Crippen MR) is 67.3 cm³/mol. The van der Waals surface area contributed by atoms with E-state index in [1.165, 1.54) is 0 Å². The molecule has 0 fully saturated rings. The van der Waals surface area contributed by atoms with Gasteiger partial charge in [-0.25, -0.2) is 0 Å². The zero-order valence-corrected chi connectivity index (χ0v) is 10.5. The number of carbonyl (C=O) groups is 2. The van der Waals surface area contributed by atoms with Gasteiger partial charge in [0.1, 0.15) is 6.29 Å². The van der Waals surface area contributed by atoms with Gasteiger partial charge in [0.15, 0.2) is 0 Å². The van der Waals surface area contributed by atoms with Gasteiger partial charge in [-0.1, -0.05) is 0 Å². The smallest absolute Gasteiger partial charge is 0.237 e. The maximum Gasteiger partial charge on any atom is 0.237 e. The Labute approximate surface area is 101 Å². The molecule has 0 aliphatic heterocycles. The number of nitrogens with two attached hydrogens (primary N) is 2. The summed E-state index contributed by atoms with van der Waals surface area (Å²) in [6.45, 7) is 0.513. The van der Waals surface area contributed by atoms with Crippen molar-refractivity contribution in [1.29, 1.82) is 0 Å². The molecule has 16 heavy (non-hydrogen) atoms. The molecule has 0 heterocycles. The van der Waals surface area contributed by atoms with Crippen LogP contribution in [0.5, 0.6) is 0 Å². The molecular formula is C10H21N3O2S. The first kappa shape index (κ1) is 15.4. The second-order valence-electron chi connectivity index (χ2n) is 3.57. The predicted octanol–water partition coefficient (Wildman–Crippen LogP) is -0.511. The van der Waals surface area contributed by atoms with E-state index in [-0.39, 0.29) is 5.91 Å². The quantitative estimate of drug-likeness (QED) is 0.477. The van der Waals surface area contributed by atoms with Crippen LogP contribution in [0.3, 0.4) is 0 Å². The third-order valence-electron chi connectivity index (χ3n) is 2.18. The van der Waals surface area contributed by atoms with Gasteiger partial charge in [-0.2, -0.15) is 11.8 Å². The lowest BCUT2D eigenvalue weighted by Gasteiger charge is -2.16. The van der Waals surface area contributed by atoms with Crippen molar-refractivity contribution in [3.05, 3.63) is 0 Å². The fraction of sp³-hybridized carbons (Fsp3) is 0.800. The highest BCUT2D eigenvalue weighted by Gasteiger charge is 2.16. The number of nitrogens with one attached hydrogen (secondary N) is 1. The van der Waals surface area contributed by atoms with Crippen LogP contribution in [0, 0.1) is 0 Å². The van der Waals surface area contributed by atoms with Crippen LogP contribution >= 0.6 is 11.8 Å². The molecule has 0 aliphatic carbocycles. The van der Waals surface area contributed by atoms with E-state index in [1.54, 1.807) is 11.8 Å².